The first-order valence-electron chi connectivity index (χ1n) is 9.13. The molecule has 0 atom stereocenters. The molecule has 1 heterocycles. The Kier molecular flexibility index (Phi) is 6.22. The number of ether oxygens (including phenoxy) is 2. The Morgan fingerprint density at radius 2 is 1.71 bits per heavy atom. The Hall–Kier alpha value is -3.41. The maximum absolute atomic E-state index is 12.2. The SMILES string of the molecule is CCOC(=O)C(=O)c1ccc(OCCCn2c(=O)ccc3ccccc32)cc1. The van der Waals surface area contributed by atoms with Crippen molar-refractivity contribution < 1.29 is 19.1 Å². The number of hydrogen-bond donors (Lipinski definition) is 0. The predicted octanol–water partition coefficient (Wildman–Crippen LogP) is 3.22. The van der Waals surface area contributed by atoms with Gasteiger partial charge in [0.1, 0.15) is 5.75 Å². The van der Waals surface area contributed by atoms with Gasteiger partial charge in [-0.1, -0.05) is 18.2 Å². The first-order chi connectivity index (χ1) is 13.6. The number of para-hydroxylation sites is 1. The zero-order chi connectivity index (χ0) is 19.9. The van der Waals surface area contributed by atoms with Gasteiger partial charge in [0.25, 0.3) is 11.3 Å². The molecular formula is C22H21NO5. The van der Waals surface area contributed by atoms with E-state index in [0.29, 0.717) is 25.3 Å². The summed E-state index contributed by atoms with van der Waals surface area (Å²) in [5.74, 6) is -0.953. The summed E-state index contributed by atoms with van der Waals surface area (Å²) < 4.78 is 12.1. The number of hydrogen-bond acceptors (Lipinski definition) is 5. The quantitative estimate of drug-likeness (QED) is 0.260. The number of ketones is 1. The van der Waals surface area contributed by atoms with Crippen LogP contribution >= 0.6 is 0 Å². The van der Waals surface area contributed by atoms with Crippen molar-refractivity contribution in [2.45, 2.75) is 19.9 Å². The molecule has 6 heteroatoms. The zero-order valence-electron chi connectivity index (χ0n) is 15.6. The van der Waals surface area contributed by atoms with Crippen molar-refractivity contribution in [3.8, 4) is 5.75 Å². The normalized spacial score (nSPS) is 10.6. The molecule has 0 saturated heterocycles. The lowest BCUT2D eigenvalue weighted by atomic mass is 10.1. The number of benzene rings is 2. The highest BCUT2D eigenvalue weighted by Crippen LogP contribution is 2.14. The number of Topliss-reactive ketones (excluding diaryl/α,β-unsaturated/α-hetero) is 1. The van der Waals surface area contributed by atoms with Crippen LogP contribution in [0.2, 0.25) is 0 Å². The molecule has 0 amide bonds. The number of carbonyl (C=O) groups excluding carboxylic acids is 2. The van der Waals surface area contributed by atoms with Crippen LogP contribution in [0.25, 0.3) is 10.9 Å². The summed E-state index contributed by atoms with van der Waals surface area (Å²) >= 11 is 0. The predicted molar refractivity (Wildman–Crippen MR) is 106 cm³/mol. The molecular weight excluding hydrogens is 358 g/mol. The second-order valence-corrected chi connectivity index (χ2v) is 6.16. The smallest absolute Gasteiger partial charge is 0.379 e. The van der Waals surface area contributed by atoms with E-state index in [-0.39, 0.29) is 17.7 Å². The van der Waals surface area contributed by atoms with E-state index < -0.39 is 11.8 Å². The minimum atomic E-state index is -0.864. The summed E-state index contributed by atoms with van der Waals surface area (Å²) in [7, 11) is 0. The molecule has 0 unspecified atom stereocenters. The van der Waals surface area contributed by atoms with Gasteiger partial charge in [0.2, 0.25) is 0 Å². The van der Waals surface area contributed by atoms with Crippen LogP contribution in [-0.4, -0.2) is 29.5 Å². The van der Waals surface area contributed by atoms with Gasteiger partial charge in [-0.15, -0.1) is 0 Å². The van der Waals surface area contributed by atoms with Gasteiger partial charge in [-0.2, -0.15) is 0 Å². The molecule has 0 spiro atoms. The van der Waals surface area contributed by atoms with E-state index in [0.717, 1.165) is 10.9 Å². The second kappa shape index (κ2) is 8.99. The first kappa shape index (κ1) is 19.4. The van der Waals surface area contributed by atoms with Gasteiger partial charge in [-0.3, -0.25) is 9.59 Å². The molecule has 3 rings (SSSR count). The lowest BCUT2D eigenvalue weighted by molar-refractivity contribution is -0.137. The molecule has 0 aliphatic carbocycles. The average Bonchev–Trinajstić information content (AvgIpc) is 2.72. The largest absolute Gasteiger partial charge is 0.494 e. The van der Waals surface area contributed by atoms with Gasteiger partial charge in [-0.05, 0) is 55.1 Å². The van der Waals surface area contributed by atoms with E-state index in [4.69, 9.17) is 9.47 Å². The second-order valence-electron chi connectivity index (χ2n) is 6.16. The van der Waals surface area contributed by atoms with Gasteiger partial charge < -0.3 is 14.0 Å². The molecule has 0 aliphatic heterocycles. The third kappa shape index (κ3) is 4.46. The van der Waals surface area contributed by atoms with Gasteiger partial charge in [0.05, 0.1) is 18.7 Å². The maximum atomic E-state index is 12.2. The van der Waals surface area contributed by atoms with Gasteiger partial charge >= 0.3 is 5.97 Å². The Balaban J connectivity index is 1.56. The molecule has 0 N–H and O–H groups in total. The number of nitrogens with zero attached hydrogens (tertiary/aromatic N) is 1. The molecule has 1 aromatic heterocycles. The van der Waals surface area contributed by atoms with E-state index in [1.54, 1.807) is 29.7 Å². The zero-order valence-corrected chi connectivity index (χ0v) is 15.6. The maximum Gasteiger partial charge on any atom is 0.379 e. The molecule has 144 valence electrons. The van der Waals surface area contributed by atoms with Crippen LogP contribution in [0.3, 0.4) is 0 Å². The molecule has 0 bridgehead atoms. The van der Waals surface area contributed by atoms with Crippen molar-refractivity contribution in [1.82, 2.24) is 4.57 Å². The molecule has 0 fully saturated rings. The van der Waals surface area contributed by atoms with E-state index in [9.17, 15) is 14.4 Å². The van der Waals surface area contributed by atoms with E-state index in [1.807, 2.05) is 30.3 Å². The highest BCUT2D eigenvalue weighted by molar-refractivity contribution is 6.40. The van der Waals surface area contributed by atoms with Crippen molar-refractivity contribution in [1.29, 1.82) is 0 Å². The summed E-state index contributed by atoms with van der Waals surface area (Å²) in [5.41, 5.74) is 1.12. The fourth-order valence-corrected chi connectivity index (χ4v) is 2.90. The van der Waals surface area contributed by atoms with Crippen LogP contribution in [0.5, 0.6) is 5.75 Å². The third-order valence-corrected chi connectivity index (χ3v) is 4.27. The molecule has 2 aromatic carbocycles. The number of fused-ring (bicyclic) bond motifs is 1. The number of rotatable bonds is 8. The molecule has 0 radical (unpaired) electrons. The van der Waals surface area contributed by atoms with Crippen molar-refractivity contribution in [2.75, 3.05) is 13.2 Å². The van der Waals surface area contributed by atoms with Crippen molar-refractivity contribution >= 4 is 22.7 Å². The minimum Gasteiger partial charge on any atom is -0.494 e. The molecule has 28 heavy (non-hydrogen) atoms. The molecule has 0 saturated carbocycles. The standard InChI is InChI=1S/C22H21NO5/c1-2-27-22(26)21(25)17-8-11-18(12-9-17)28-15-5-14-23-19-7-4-3-6-16(19)10-13-20(23)24/h3-4,6-13H,2,5,14-15H2,1H3. The summed E-state index contributed by atoms with van der Waals surface area (Å²) in [6, 6.07) is 17.5. The van der Waals surface area contributed by atoms with Gasteiger partial charge in [0, 0.05) is 18.2 Å². The first-order valence-corrected chi connectivity index (χ1v) is 9.13. The van der Waals surface area contributed by atoms with Crippen LogP contribution < -0.4 is 10.3 Å². The van der Waals surface area contributed by atoms with E-state index >= 15 is 0 Å². The number of carbonyl (C=O) groups is 2. The minimum absolute atomic E-state index is 0.0412. The van der Waals surface area contributed by atoms with Crippen molar-refractivity contribution in [2.24, 2.45) is 0 Å². The fraction of sp³-hybridized carbons (Fsp3) is 0.227. The molecule has 3 aromatic rings. The summed E-state index contributed by atoms with van der Waals surface area (Å²) in [5, 5.41) is 1.02. The van der Waals surface area contributed by atoms with Crippen LogP contribution in [0, 0.1) is 0 Å². The lowest BCUT2D eigenvalue weighted by Gasteiger charge is -2.11. The van der Waals surface area contributed by atoms with Crippen LogP contribution in [0.15, 0.2) is 65.5 Å². The highest BCUT2D eigenvalue weighted by Gasteiger charge is 2.17. The topological polar surface area (TPSA) is 74.6 Å². The number of pyridine rings is 1. The monoisotopic (exact) mass is 379 g/mol. The Bertz CT molecular complexity index is 1040. The number of aryl methyl sites for hydroxylation is 1. The van der Waals surface area contributed by atoms with Crippen LogP contribution in [-0.2, 0) is 16.1 Å². The molecule has 0 aliphatic rings. The number of esters is 1. The summed E-state index contributed by atoms with van der Waals surface area (Å²) in [6.07, 6.45) is 0.650. The van der Waals surface area contributed by atoms with Crippen molar-refractivity contribution in [3.05, 3.63) is 76.6 Å². The lowest BCUT2D eigenvalue weighted by Crippen LogP contribution is -2.20. The average molecular weight is 379 g/mol. The Morgan fingerprint density at radius 1 is 0.964 bits per heavy atom. The van der Waals surface area contributed by atoms with Crippen LogP contribution in [0.4, 0.5) is 0 Å². The van der Waals surface area contributed by atoms with E-state index in [1.165, 1.54) is 12.1 Å². The van der Waals surface area contributed by atoms with Crippen molar-refractivity contribution in [3.63, 3.8) is 0 Å². The fourth-order valence-electron chi connectivity index (χ4n) is 2.90. The number of aromatic nitrogens is 1. The van der Waals surface area contributed by atoms with Crippen LogP contribution in [0.1, 0.15) is 23.7 Å². The van der Waals surface area contributed by atoms with Gasteiger partial charge in [-0.25, -0.2) is 4.79 Å². The van der Waals surface area contributed by atoms with E-state index in [2.05, 4.69) is 0 Å². The Labute approximate surface area is 162 Å². The Morgan fingerprint density at radius 3 is 2.46 bits per heavy atom. The molecule has 6 nitrogen and oxygen atoms in total. The van der Waals surface area contributed by atoms with Gasteiger partial charge in [0.15, 0.2) is 0 Å². The third-order valence-electron chi connectivity index (χ3n) is 4.27. The summed E-state index contributed by atoms with van der Waals surface area (Å²) in [4.78, 5) is 35.5. The summed E-state index contributed by atoms with van der Waals surface area (Å²) in [6.45, 7) is 2.76. The highest BCUT2D eigenvalue weighted by atomic mass is 16.5.